The minimum absolute atomic E-state index is 0.0161. The van der Waals surface area contributed by atoms with Crippen LogP contribution in [-0.4, -0.2) is 79.7 Å². The molecular weight excluding hydrogens is 346 g/mol. The summed E-state index contributed by atoms with van der Waals surface area (Å²) in [5.74, 6) is 1.02. The van der Waals surface area contributed by atoms with Crippen LogP contribution in [0, 0.1) is 0 Å². The van der Waals surface area contributed by atoms with Crippen LogP contribution in [0.5, 0.6) is 0 Å². The molecule has 0 saturated carbocycles. The summed E-state index contributed by atoms with van der Waals surface area (Å²) in [5, 5.41) is 17.7. The molecule has 144 valence electrons. The van der Waals surface area contributed by atoms with Gasteiger partial charge in [0.1, 0.15) is 0 Å². The van der Waals surface area contributed by atoms with Crippen LogP contribution in [0.15, 0.2) is 0 Å². The minimum atomic E-state index is -0.0538. The quantitative estimate of drug-likeness (QED) is 0.263. The molecule has 2 saturated heterocycles. The second kappa shape index (κ2) is 11.6. The number of fused-ring (bicyclic) bond motifs is 1. The second-order valence-electron chi connectivity index (χ2n) is 6.17. The number of carbonyl (C=O) groups is 2. The second-order valence-corrected chi connectivity index (χ2v) is 7.44. The van der Waals surface area contributed by atoms with E-state index in [1.807, 2.05) is 11.8 Å². The Bertz CT molecular complexity index is 427. The highest BCUT2D eigenvalue weighted by Gasteiger charge is 2.42. The maximum Gasteiger partial charge on any atom is 0.315 e. The average molecular weight is 375 g/mol. The Hall–Kier alpha value is -1.03. The fourth-order valence-electron chi connectivity index (χ4n) is 3.01. The van der Waals surface area contributed by atoms with Crippen molar-refractivity contribution in [2.45, 2.75) is 43.0 Å². The van der Waals surface area contributed by atoms with Crippen LogP contribution in [0.4, 0.5) is 4.79 Å². The summed E-state index contributed by atoms with van der Waals surface area (Å²) >= 11 is 1.90. The van der Waals surface area contributed by atoms with Gasteiger partial charge in [-0.2, -0.15) is 11.8 Å². The molecule has 4 N–H and O–H groups in total. The number of nitrogens with one attached hydrogen (secondary N) is 3. The highest BCUT2D eigenvalue weighted by molar-refractivity contribution is 8.00. The molecule has 0 aromatic rings. The Morgan fingerprint density at radius 3 is 2.80 bits per heavy atom. The van der Waals surface area contributed by atoms with Gasteiger partial charge in [0, 0.05) is 24.0 Å². The molecule has 0 spiro atoms. The van der Waals surface area contributed by atoms with Gasteiger partial charge in [0.15, 0.2) is 0 Å². The van der Waals surface area contributed by atoms with Crippen LogP contribution in [0.25, 0.3) is 0 Å². The summed E-state index contributed by atoms with van der Waals surface area (Å²) in [6.07, 6.45) is 3.40. The van der Waals surface area contributed by atoms with E-state index in [-0.39, 0.29) is 30.6 Å². The van der Waals surface area contributed by atoms with Gasteiger partial charge in [-0.05, 0) is 12.8 Å². The average Bonchev–Trinajstić information content (AvgIpc) is 3.13. The SMILES string of the molecule is O=C(CCCC[C@@H]1SC[C@@H]2NC(=O)N[C@@H]21)NCCOCCOCCO. The molecule has 0 bridgehead atoms. The Kier molecular flexibility index (Phi) is 9.38. The van der Waals surface area contributed by atoms with E-state index >= 15 is 0 Å². The predicted octanol–water partition coefficient (Wildman–Crippen LogP) is -0.146. The molecule has 3 amide bonds. The summed E-state index contributed by atoms with van der Waals surface area (Å²) in [7, 11) is 0. The first-order chi connectivity index (χ1) is 12.2. The summed E-state index contributed by atoms with van der Waals surface area (Å²) in [5.41, 5.74) is 0. The molecule has 0 unspecified atom stereocenters. The maximum absolute atomic E-state index is 11.7. The fourth-order valence-corrected chi connectivity index (χ4v) is 4.56. The van der Waals surface area contributed by atoms with Crippen LogP contribution in [0.1, 0.15) is 25.7 Å². The Morgan fingerprint density at radius 2 is 2.00 bits per heavy atom. The van der Waals surface area contributed by atoms with Gasteiger partial charge in [-0.3, -0.25) is 4.79 Å². The number of unbranched alkanes of at least 4 members (excludes halogenated alkanes) is 1. The third-order valence-corrected chi connectivity index (χ3v) is 5.77. The summed E-state index contributed by atoms with van der Waals surface area (Å²) in [6.45, 7) is 2.21. The van der Waals surface area contributed by atoms with Crippen LogP contribution < -0.4 is 16.0 Å². The maximum atomic E-state index is 11.7. The lowest BCUT2D eigenvalue weighted by molar-refractivity contribution is -0.121. The van der Waals surface area contributed by atoms with Gasteiger partial charge in [0.25, 0.3) is 0 Å². The van der Waals surface area contributed by atoms with Crippen molar-refractivity contribution in [1.82, 2.24) is 16.0 Å². The van der Waals surface area contributed by atoms with Crippen LogP contribution >= 0.6 is 11.8 Å². The molecule has 2 heterocycles. The lowest BCUT2D eigenvalue weighted by Gasteiger charge is -2.16. The van der Waals surface area contributed by atoms with Crippen molar-refractivity contribution in [2.75, 3.05) is 45.3 Å². The first-order valence-electron chi connectivity index (χ1n) is 8.92. The molecule has 2 aliphatic heterocycles. The molecule has 0 aromatic carbocycles. The highest BCUT2D eigenvalue weighted by atomic mass is 32.2. The van der Waals surface area contributed by atoms with Crippen molar-refractivity contribution in [3.63, 3.8) is 0 Å². The molecule has 9 heteroatoms. The molecule has 0 radical (unpaired) electrons. The van der Waals surface area contributed by atoms with E-state index in [9.17, 15) is 9.59 Å². The van der Waals surface area contributed by atoms with Crippen LogP contribution in [0.2, 0.25) is 0 Å². The molecule has 2 rings (SSSR count). The topological polar surface area (TPSA) is 109 Å². The van der Waals surface area contributed by atoms with E-state index in [4.69, 9.17) is 14.6 Å². The van der Waals surface area contributed by atoms with E-state index in [1.54, 1.807) is 0 Å². The van der Waals surface area contributed by atoms with Crippen molar-refractivity contribution in [3.05, 3.63) is 0 Å². The van der Waals surface area contributed by atoms with Gasteiger partial charge in [-0.15, -0.1) is 0 Å². The largest absolute Gasteiger partial charge is 0.394 e. The third kappa shape index (κ3) is 7.39. The highest BCUT2D eigenvalue weighted by Crippen LogP contribution is 2.33. The number of carbonyl (C=O) groups excluding carboxylic acids is 2. The first-order valence-corrected chi connectivity index (χ1v) is 9.97. The number of aliphatic hydroxyl groups is 1. The number of thioether (sulfide) groups is 1. The lowest BCUT2D eigenvalue weighted by atomic mass is 10.0. The monoisotopic (exact) mass is 375 g/mol. The summed E-state index contributed by atoms with van der Waals surface area (Å²) in [6, 6.07) is 0.450. The third-order valence-electron chi connectivity index (χ3n) is 4.26. The molecule has 8 nitrogen and oxygen atoms in total. The van der Waals surface area contributed by atoms with Gasteiger partial charge in [-0.1, -0.05) is 6.42 Å². The van der Waals surface area contributed by atoms with E-state index < -0.39 is 0 Å². The standard InChI is InChI=1S/C16H29N3O5S/c20-6-8-24-10-9-23-7-5-17-14(21)4-2-1-3-13-15-12(11-25-13)18-16(22)19-15/h12-13,15,20H,1-11H2,(H,17,21)(H2,18,19,22)/t12-,13-,15-/m0/s1. The van der Waals surface area contributed by atoms with Crippen LogP contribution in [0.3, 0.4) is 0 Å². The lowest BCUT2D eigenvalue weighted by Crippen LogP contribution is -2.36. The number of rotatable bonds is 13. The molecule has 3 atom stereocenters. The molecular formula is C16H29N3O5S. The van der Waals surface area contributed by atoms with E-state index in [2.05, 4.69) is 16.0 Å². The Balaban J connectivity index is 1.41. The van der Waals surface area contributed by atoms with Gasteiger partial charge >= 0.3 is 6.03 Å². The smallest absolute Gasteiger partial charge is 0.315 e. The zero-order chi connectivity index (χ0) is 17.9. The molecule has 2 aliphatic rings. The molecule has 25 heavy (non-hydrogen) atoms. The van der Waals surface area contributed by atoms with Gasteiger partial charge < -0.3 is 30.5 Å². The number of hydrogen-bond acceptors (Lipinski definition) is 6. The predicted molar refractivity (Wildman–Crippen MR) is 95.7 cm³/mol. The van der Waals surface area contributed by atoms with Crippen LogP contribution in [-0.2, 0) is 14.3 Å². The van der Waals surface area contributed by atoms with Crippen molar-refractivity contribution >= 4 is 23.7 Å². The van der Waals surface area contributed by atoms with Crippen molar-refractivity contribution < 1.29 is 24.2 Å². The number of urea groups is 1. The van der Waals surface area contributed by atoms with E-state index in [1.165, 1.54) is 0 Å². The molecule has 2 fully saturated rings. The van der Waals surface area contributed by atoms with Gasteiger partial charge in [0.05, 0.1) is 45.1 Å². The first kappa shape index (κ1) is 20.3. The fraction of sp³-hybridized carbons (Fsp3) is 0.875. The zero-order valence-corrected chi connectivity index (χ0v) is 15.3. The normalized spacial score (nSPS) is 24.7. The summed E-state index contributed by atoms with van der Waals surface area (Å²) in [4.78, 5) is 23.1. The van der Waals surface area contributed by atoms with E-state index in [0.29, 0.717) is 44.6 Å². The number of ether oxygens (including phenoxy) is 2. The molecule has 0 aromatic heterocycles. The number of amides is 3. The molecule has 0 aliphatic carbocycles. The number of hydrogen-bond donors (Lipinski definition) is 4. The summed E-state index contributed by atoms with van der Waals surface area (Å²) < 4.78 is 10.4. The zero-order valence-electron chi connectivity index (χ0n) is 14.5. The van der Waals surface area contributed by atoms with Crippen molar-refractivity contribution in [1.29, 1.82) is 0 Å². The van der Waals surface area contributed by atoms with E-state index in [0.717, 1.165) is 25.0 Å². The van der Waals surface area contributed by atoms with Crippen molar-refractivity contribution in [3.8, 4) is 0 Å². The Labute approximate surface area is 152 Å². The van der Waals surface area contributed by atoms with Crippen molar-refractivity contribution in [2.24, 2.45) is 0 Å². The minimum Gasteiger partial charge on any atom is -0.394 e. The van der Waals surface area contributed by atoms with Gasteiger partial charge in [-0.25, -0.2) is 4.79 Å². The number of aliphatic hydroxyl groups excluding tert-OH is 1. The Morgan fingerprint density at radius 1 is 1.20 bits per heavy atom. The van der Waals surface area contributed by atoms with Gasteiger partial charge in [0.2, 0.25) is 5.91 Å².